The summed E-state index contributed by atoms with van der Waals surface area (Å²) < 4.78 is 12.4. The van der Waals surface area contributed by atoms with Gasteiger partial charge in [-0.1, -0.05) is 23.4 Å². The largest absolute Gasteiger partial charge is 0.461 e. The van der Waals surface area contributed by atoms with Crippen LogP contribution in [0.4, 0.5) is 0 Å². The maximum absolute atomic E-state index is 6.02. The van der Waals surface area contributed by atoms with Crippen molar-refractivity contribution in [2.75, 3.05) is 5.84 Å². The van der Waals surface area contributed by atoms with E-state index in [2.05, 4.69) is 15.2 Å². The molecule has 1 aromatic carbocycles. The average molecular weight is 374 g/mol. The van der Waals surface area contributed by atoms with Gasteiger partial charge in [0.1, 0.15) is 0 Å². The minimum absolute atomic E-state index is 0.460. The van der Waals surface area contributed by atoms with Gasteiger partial charge in [0.2, 0.25) is 16.9 Å². The number of oxazole rings is 1. The van der Waals surface area contributed by atoms with E-state index in [1.165, 1.54) is 16.4 Å². The number of thioether (sulfide) groups is 1. The summed E-state index contributed by atoms with van der Waals surface area (Å²) in [6.45, 7) is 0. The van der Waals surface area contributed by atoms with Crippen LogP contribution in [0.5, 0.6) is 0 Å². The summed E-state index contributed by atoms with van der Waals surface area (Å²) in [6.07, 6.45) is 3.24. The lowest BCUT2D eigenvalue weighted by molar-refractivity contribution is 0.529. The van der Waals surface area contributed by atoms with E-state index in [0.29, 0.717) is 39.2 Å². The number of benzene rings is 1. The molecular formula is C16H12ClN5O2S. The van der Waals surface area contributed by atoms with Gasteiger partial charge >= 0.3 is 0 Å². The molecule has 0 saturated heterocycles. The molecule has 126 valence electrons. The molecule has 7 nitrogen and oxygen atoms in total. The van der Waals surface area contributed by atoms with Gasteiger partial charge in [-0.3, -0.25) is 0 Å². The van der Waals surface area contributed by atoms with Crippen molar-refractivity contribution < 1.29 is 8.83 Å². The Hall–Kier alpha value is -2.71. The van der Waals surface area contributed by atoms with Gasteiger partial charge in [-0.2, -0.15) is 0 Å². The first-order valence-corrected chi connectivity index (χ1v) is 8.65. The van der Waals surface area contributed by atoms with Crippen molar-refractivity contribution in [2.45, 2.75) is 10.9 Å². The van der Waals surface area contributed by atoms with Gasteiger partial charge in [-0.15, -0.1) is 10.2 Å². The quantitative estimate of drug-likeness (QED) is 0.419. The molecule has 0 aliphatic carbocycles. The van der Waals surface area contributed by atoms with E-state index in [1.807, 2.05) is 12.1 Å². The molecule has 0 aliphatic heterocycles. The highest BCUT2D eigenvalue weighted by Gasteiger charge is 2.15. The lowest BCUT2D eigenvalue weighted by atomic mass is 10.2. The SMILES string of the molecule is Nn1c(SCc2ncc(-c3ccc(Cl)cc3)o2)nnc1-c1ccco1. The third-order valence-corrected chi connectivity index (χ3v) is 4.59. The molecule has 3 aromatic heterocycles. The molecule has 0 unspecified atom stereocenters. The third-order valence-electron chi connectivity index (χ3n) is 3.41. The standard InChI is InChI=1S/C16H12ClN5O2S/c17-11-5-3-10(4-6-11)13-8-19-14(24-13)9-25-16-21-20-15(22(16)18)12-2-1-7-23-12/h1-8H,9,18H2. The van der Waals surface area contributed by atoms with Gasteiger partial charge in [-0.05, 0) is 36.4 Å². The minimum atomic E-state index is 0.460. The molecule has 0 bridgehead atoms. The van der Waals surface area contributed by atoms with Crippen LogP contribution in [0, 0.1) is 0 Å². The van der Waals surface area contributed by atoms with E-state index < -0.39 is 0 Å². The summed E-state index contributed by atoms with van der Waals surface area (Å²) in [5, 5.41) is 9.32. The summed E-state index contributed by atoms with van der Waals surface area (Å²) in [5.74, 6) is 8.75. The highest BCUT2D eigenvalue weighted by atomic mass is 35.5. The number of hydrogen-bond acceptors (Lipinski definition) is 7. The van der Waals surface area contributed by atoms with Crippen molar-refractivity contribution in [1.82, 2.24) is 19.9 Å². The molecule has 4 aromatic rings. The van der Waals surface area contributed by atoms with Gasteiger partial charge in [0.25, 0.3) is 0 Å². The second kappa shape index (κ2) is 6.66. The van der Waals surface area contributed by atoms with Crippen molar-refractivity contribution in [1.29, 1.82) is 0 Å². The van der Waals surface area contributed by atoms with Crippen molar-refractivity contribution >= 4 is 23.4 Å². The van der Waals surface area contributed by atoms with Crippen LogP contribution in [0.3, 0.4) is 0 Å². The molecule has 2 N–H and O–H groups in total. The van der Waals surface area contributed by atoms with E-state index >= 15 is 0 Å². The van der Waals surface area contributed by atoms with Gasteiger partial charge < -0.3 is 14.7 Å². The Kier molecular flexibility index (Phi) is 4.21. The number of hydrogen-bond donors (Lipinski definition) is 1. The lowest BCUT2D eigenvalue weighted by Gasteiger charge is -2.00. The zero-order valence-electron chi connectivity index (χ0n) is 12.8. The van der Waals surface area contributed by atoms with Crippen LogP contribution < -0.4 is 5.84 Å². The third kappa shape index (κ3) is 3.26. The maximum atomic E-state index is 6.02. The number of furan rings is 1. The van der Waals surface area contributed by atoms with Crippen LogP contribution in [0.1, 0.15) is 5.89 Å². The molecule has 4 rings (SSSR count). The summed E-state index contributed by atoms with van der Waals surface area (Å²) in [7, 11) is 0. The first-order valence-electron chi connectivity index (χ1n) is 7.28. The Labute approximate surface area is 151 Å². The summed E-state index contributed by atoms with van der Waals surface area (Å²) in [4.78, 5) is 4.28. The Bertz CT molecular complexity index is 979. The Morgan fingerprint density at radius 1 is 1.12 bits per heavy atom. The second-order valence-electron chi connectivity index (χ2n) is 5.07. The Morgan fingerprint density at radius 2 is 1.96 bits per heavy atom. The number of nitrogen functional groups attached to an aromatic ring is 1. The summed E-state index contributed by atoms with van der Waals surface area (Å²) in [6, 6.07) is 10.9. The van der Waals surface area contributed by atoms with Crippen molar-refractivity contribution in [3.63, 3.8) is 0 Å². The van der Waals surface area contributed by atoms with Crippen LogP contribution in [-0.4, -0.2) is 19.9 Å². The molecule has 0 aliphatic rings. The van der Waals surface area contributed by atoms with Crippen molar-refractivity contribution in [3.8, 4) is 22.9 Å². The van der Waals surface area contributed by atoms with Crippen molar-refractivity contribution in [2.24, 2.45) is 0 Å². The maximum Gasteiger partial charge on any atom is 0.218 e. The minimum Gasteiger partial charge on any atom is -0.461 e. The van der Waals surface area contributed by atoms with E-state index in [9.17, 15) is 0 Å². The smallest absolute Gasteiger partial charge is 0.218 e. The number of halogens is 1. The van der Waals surface area contributed by atoms with E-state index in [0.717, 1.165) is 5.56 Å². The molecule has 3 heterocycles. The average Bonchev–Trinajstić information content (AvgIpc) is 3.34. The van der Waals surface area contributed by atoms with Gasteiger partial charge in [-0.25, -0.2) is 9.66 Å². The normalized spacial score (nSPS) is 11.1. The van der Waals surface area contributed by atoms with Crippen LogP contribution in [0.2, 0.25) is 5.02 Å². The highest BCUT2D eigenvalue weighted by molar-refractivity contribution is 7.98. The molecule has 9 heteroatoms. The molecule has 0 amide bonds. The van der Waals surface area contributed by atoms with E-state index in [-0.39, 0.29) is 0 Å². The lowest BCUT2D eigenvalue weighted by Crippen LogP contribution is -2.11. The fourth-order valence-corrected chi connectivity index (χ4v) is 3.04. The predicted molar refractivity (Wildman–Crippen MR) is 94.4 cm³/mol. The number of nitrogens with zero attached hydrogens (tertiary/aromatic N) is 4. The van der Waals surface area contributed by atoms with Gasteiger partial charge in [0.15, 0.2) is 11.5 Å². The van der Waals surface area contributed by atoms with E-state index in [4.69, 9.17) is 26.3 Å². The first-order chi connectivity index (χ1) is 12.2. The Morgan fingerprint density at radius 3 is 2.72 bits per heavy atom. The Balaban J connectivity index is 1.46. The zero-order chi connectivity index (χ0) is 17.2. The van der Waals surface area contributed by atoms with Gasteiger partial charge in [0.05, 0.1) is 18.2 Å². The van der Waals surface area contributed by atoms with Crippen LogP contribution >= 0.6 is 23.4 Å². The number of nitrogens with two attached hydrogens (primary N) is 1. The number of aromatic nitrogens is 4. The number of rotatable bonds is 5. The molecule has 0 spiro atoms. The zero-order valence-corrected chi connectivity index (χ0v) is 14.4. The summed E-state index contributed by atoms with van der Waals surface area (Å²) in [5.41, 5.74) is 0.912. The summed E-state index contributed by atoms with van der Waals surface area (Å²) >= 11 is 7.27. The molecule has 0 fully saturated rings. The second-order valence-corrected chi connectivity index (χ2v) is 6.45. The molecule has 0 saturated carbocycles. The first kappa shape index (κ1) is 15.8. The molecule has 0 atom stereocenters. The van der Waals surface area contributed by atoms with E-state index in [1.54, 1.807) is 36.7 Å². The molecule has 0 radical (unpaired) electrons. The van der Waals surface area contributed by atoms with Crippen LogP contribution in [-0.2, 0) is 5.75 Å². The van der Waals surface area contributed by atoms with Crippen molar-refractivity contribution in [3.05, 3.63) is 59.8 Å². The predicted octanol–water partition coefficient (Wildman–Crippen LogP) is 3.85. The monoisotopic (exact) mass is 373 g/mol. The van der Waals surface area contributed by atoms with Crippen LogP contribution in [0.25, 0.3) is 22.9 Å². The molecular weight excluding hydrogens is 362 g/mol. The van der Waals surface area contributed by atoms with Gasteiger partial charge in [0, 0.05) is 10.6 Å². The topological polar surface area (TPSA) is 95.9 Å². The fourth-order valence-electron chi connectivity index (χ4n) is 2.20. The fraction of sp³-hybridized carbons (Fsp3) is 0.0625. The van der Waals surface area contributed by atoms with Crippen LogP contribution in [0.15, 0.2) is 62.8 Å². The highest BCUT2D eigenvalue weighted by Crippen LogP contribution is 2.27. The molecule has 25 heavy (non-hydrogen) atoms.